The quantitative estimate of drug-likeness (QED) is 0.421. The van der Waals surface area contributed by atoms with Crippen LogP contribution in [0.15, 0.2) is 60.7 Å². The van der Waals surface area contributed by atoms with Gasteiger partial charge >= 0.3 is 0 Å². The fraction of sp³-hybridized carbons (Fsp3) is 0.438. The Morgan fingerprint density at radius 3 is 2.37 bits per heavy atom. The number of aromatic nitrogens is 2. The molecule has 0 saturated carbocycles. The minimum Gasteiger partial charge on any atom is -0.379 e. The summed E-state index contributed by atoms with van der Waals surface area (Å²) in [6.45, 7) is 11.1. The van der Waals surface area contributed by atoms with E-state index in [1.165, 1.54) is 5.56 Å². The predicted octanol–water partition coefficient (Wildman–Crippen LogP) is 3.27. The fourth-order valence-electron chi connectivity index (χ4n) is 5.35. The lowest BCUT2D eigenvalue weighted by molar-refractivity contribution is -0.131. The molecule has 2 fully saturated rings. The van der Waals surface area contributed by atoms with E-state index in [-0.39, 0.29) is 18.4 Å². The summed E-state index contributed by atoms with van der Waals surface area (Å²) in [6, 6.07) is 19.9. The van der Waals surface area contributed by atoms with Crippen molar-refractivity contribution in [2.24, 2.45) is 0 Å². The van der Waals surface area contributed by atoms with Crippen LogP contribution in [0.3, 0.4) is 0 Å². The van der Waals surface area contributed by atoms with Crippen molar-refractivity contribution < 1.29 is 14.3 Å². The number of ether oxygens (including phenoxy) is 1. The molecule has 41 heavy (non-hydrogen) atoms. The van der Waals surface area contributed by atoms with Gasteiger partial charge in [0.25, 0.3) is 5.91 Å². The van der Waals surface area contributed by atoms with Crippen LogP contribution in [-0.4, -0.2) is 109 Å². The van der Waals surface area contributed by atoms with Crippen molar-refractivity contribution in [3.63, 3.8) is 0 Å². The van der Waals surface area contributed by atoms with Gasteiger partial charge < -0.3 is 19.4 Å². The number of hydrogen-bond acceptors (Lipinski definition) is 7. The zero-order valence-electron chi connectivity index (χ0n) is 24.2. The molecular formula is C32H40N6O3. The molecular weight excluding hydrogens is 516 g/mol. The zero-order valence-corrected chi connectivity index (χ0v) is 24.2. The highest BCUT2D eigenvalue weighted by Crippen LogP contribution is 2.20. The summed E-state index contributed by atoms with van der Waals surface area (Å²) in [5, 5.41) is 8.96. The zero-order chi connectivity index (χ0) is 28.6. The maximum atomic E-state index is 13.6. The van der Waals surface area contributed by atoms with Crippen LogP contribution in [0, 0.1) is 13.8 Å². The molecule has 0 bridgehead atoms. The lowest BCUT2D eigenvalue weighted by Gasteiger charge is -2.31. The first-order valence-electron chi connectivity index (χ1n) is 14.6. The molecule has 2 saturated heterocycles. The second-order valence-electron chi connectivity index (χ2n) is 10.9. The van der Waals surface area contributed by atoms with E-state index >= 15 is 0 Å². The van der Waals surface area contributed by atoms with E-state index < -0.39 is 0 Å². The smallest absolute Gasteiger partial charge is 0.254 e. The third kappa shape index (κ3) is 7.48. The molecule has 0 atom stereocenters. The average molecular weight is 557 g/mol. The van der Waals surface area contributed by atoms with E-state index in [1.54, 1.807) is 4.90 Å². The maximum Gasteiger partial charge on any atom is 0.254 e. The molecule has 0 radical (unpaired) electrons. The summed E-state index contributed by atoms with van der Waals surface area (Å²) in [4.78, 5) is 35.2. The second-order valence-corrected chi connectivity index (χ2v) is 10.9. The normalized spacial score (nSPS) is 16.3. The standard InChI is InChI=1S/C32H40N6O3/c1-25-8-10-27(11-9-25)29-12-13-30(34-33-29)36-14-5-15-37(19-18-36)31(39)24-38(17-16-35-20-22-41-23-21-35)32(40)28-7-4-3-6-26(28)2/h3-4,6-13H,5,14-24H2,1-2H3. The van der Waals surface area contributed by atoms with Gasteiger partial charge in [-0.05, 0) is 44.0 Å². The number of nitrogens with zero attached hydrogens (tertiary/aromatic N) is 6. The van der Waals surface area contributed by atoms with E-state index in [1.807, 2.05) is 48.2 Å². The Morgan fingerprint density at radius 1 is 0.854 bits per heavy atom. The van der Waals surface area contributed by atoms with Gasteiger partial charge in [-0.1, -0.05) is 48.0 Å². The van der Waals surface area contributed by atoms with Crippen molar-refractivity contribution in [3.8, 4) is 11.3 Å². The highest BCUT2D eigenvalue weighted by molar-refractivity contribution is 5.97. The molecule has 3 heterocycles. The number of morpholine rings is 1. The molecule has 0 aliphatic carbocycles. The highest BCUT2D eigenvalue weighted by Gasteiger charge is 2.26. The first kappa shape index (κ1) is 28.7. The minimum atomic E-state index is -0.0925. The summed E-state index contributed by atoms with van der Waals surface area (Å²) < 4.78 is 5.47. The topological polar surface area (TPSA) is 82.1 Å². The number of carbonyl (C=O) groups is 2. The van der Waals surface area contributed by atoms with Gasteiger partial charge in [0.15, 0.2) is 5.82 Å². The van der Waals surface area contributed by atoms with E-state index in [9.17, 15) is 9.59 Å². The van der Waals surface area contributed by atoms with Gasteiger partial charge in [0, 0.05) is 63.5 Å². The first-order valence-corrected chi connectivity index (χ1v) is 14.6. The first-order chi connectivity index (χ1) is 20.0. The van der Waals surface area contributed by atoms with Crippen LogP contribution >= 0.6 is 0 Å². The molecule has 5 rings (SSSR count). The van der Waals surface area contributed by atoms with Gasteiger partial charge in [0.2, 0.25) is 5.91 Å². The Bertz CT molecular complexity index is 1310. The largest absolute Gasteiger partial charge is 0.379 e. The van der Waals surface area contributed by atoms with Gasteiger partial charge in [-0.3, -0.25) is 14.5 Å². The van der Waals surface area contributed by atoms with Crippen molar-refractivity contribution in [1.82, 2.24) is 24.9 Å². The van der Waals surface area contributed by atoms with Crippen LogP contribution in [0.25, 0.3) is 11.3 Å². The summed E-state index contributed by atoms with van der Waals surface area (Å²) in [7, 11) is 0. The third-order valence-electron chi connectivity index (χ3n) is 7.95. The summed E-state index contributed by atoms with van der Waals surface area (Å²) >= 11 is 0. The molecule has 2 amide bonds. The van der Waals surface area contributed by atoms with Crippen molar-refractivity contribution in [2.75, 3.05) is 77.0 Å². The number of hydrogen-bond donors (Lipinski definition) is 0. The molecule has 0 N–H and O–H groups in total. The molecule has 2 aliphatic rings. The lowest BCUT2D eigenvalue weighted by Crippen LogP contribution is -2.48. The second kappa shape index (κ2) is 13.7. The highest BCUT2D eigenvalue weighted by atomic mass is 16.5. The summed E-state index contributed by atoms with van der Waals surface area (Å²) in [5.74, 6) is 0.707. The van der Waals surface area contributed by atoms with Crippen molar-refractivity contribution in [3.05, 3.63) is 77.4 Å². The molecule has 9 nitrogen and oxygen atoms in total. The van der Waals surface area contributed by atoms with Gasteiger partial charge in [0.1, 0.15) is 6.54 Å². The maximum absolute atomic E-state index is 13.6. The van der Waals surface area contributed by atoms with Crippen LogP contribution in [0.5, 0.6) is 0 Å². The minimum absolute atomic E-state index is 0.0171. The predicted molar refractivity (Wildman–Crippen MR) is 160 cm³/mol. The van der Waals surface area contributed by atoms with E-state index in [0.717, 1.165) is 55.2 Å². The molecule has 1 aromatic heterocycles. The van der Waals surface area contributed by atoms with E-state index in [0.29, 0.717) is 45.0 Å². The summed E-state index contributed by atoms with van der Waals surface area (Å²) in [6.07, 6.45) is 0.826. The van der Waals surface area contributed by atoms with Crippen molar-refractivity contribution >= 4 is 17.6 Å². The van der Waals surface area contributed by atoms with Gasteiger partial charge in [-0.2, -0.15) is 0 Å². The number of rotatable bonds is 8. The van der Waals surface area contributed by atoms with Crippen LogP contribution < -0.4 is 4.90 Å². The number of benzene rings is 2. The number of anilines is 1. The van der Waals surface area contributed by atoms with Gasteiger partial charge in [-0.25, -0.2) is 0 Å². The Morgan fingerprint density at radius 2 is 1.63 bits per heavy atom. The average Bonchev–Trinajstić information content (AvgIpc) is 3.27. The van der Waals surface area contributed by atoms with Crippen LogP contribution in [0.1, 0.15) is 27.9 Å². The van der Waals surface area contributed by atoms with Crippen molar-refractivity contribution in [1.29, 1.82) is 0 Å². The Labute approximate surface area is 242 Å². The van der Waals surface area contributed by atoms with Crippen LogP contribution in [-0.2, 0) is 9.53 Å². The number of carbonyl (C=O) groups excluding carboxylic acids is 2. The molecule has 216 valence electrons. The molecule has 2 aromatic carbocycles. The van der Waals surface area contributed by atoms with E-state index in [4.69, 9.17) is 4.74 Å². The Balaban J connectivity index is 1.21. The number of aryl methyl sites for hydroxylation is 2. The third-order valence-corrected chi connectivity index (χ3v) is 7.95. The lowest BCUT2D eigenvalue weighted by atomic mass is 10.1. The summed E-state index contributed by atoms with van der Waals surface area (Å²) in [5.41, 5.74) is 4.66. The van der Waals surface area contributed by atoms with Gasteiger partial charge in [-0.15, -0.1) is 10.2 Å². The Hall–Kier alpha value is -3.82. The molecule has 9 heteroatoms. The fourth-order valence-corrected chi connectivity index (χ4v) is 5.35. The Kier molecular flexibility index (Phi) is 9.59. The van der Waals surface area contributed by atoms with E-state index in [2.05, 4.69) is 51.2 Å². The molecule has 0 unspecified atom stereocenters. The molecule has 3 aromatic rings. The molecule has 2 aliphatic heterocycles. The monoisotopic (exact) mass is 556 g/mol. The van der Waals surface area contributed by atoms with Crippen LogP contribution in [0.2, 0.25) is 0 Å². The molecule has 0 spiro atoms. The van der Waals surface area contributed by atoms with Gasteiger partial charge in [0.05, 0.1) is 18.9 Å². The van der Waals surface area contributed by atoms with Crippen LogP contribution in [0.4, 0.5) is 5.82 Å². The number of amides is 2. The van der Waals surface area contributed by atoms with Crippen molar-refractivity contribution in [2.45, 2.75) is 20.3 Å². The SMILES string of the molecule is Cc1ccc(-c2ccc(N3CCCN(C(=O)CN(CCN4CCOCC4)C(=O)c4ccccc4C)CC3)nn2)cc1.